The molecule has 0 aromatic heterocycles. The predicted octanol–water partition coefficient (Wildman–Crippen LogP) is 3.16. The van der Waals surface area contributed by atoms with Crippen molar-refractivity contribution >= 4 is 17.3 Å². The molecule has 1 saturated carbocycles. The second kappa shape index (κ2) is 5.19. The molecule has 0 atom stereocenters. The van der Waals surface area contributed by atoms with Crippen molar-refractivity contribution in [2.24, 2.45) is 5.92 Å². The van der Waals surface area contributed by atoms with Gasteiger partial charge in [0.25, 0.3) is 0 Å². The molecule has 3 nitrogen and oxygen atoms in total. The quantitative estimate of drug-likeness (QED) is 0.907. The van der Waals surface area contributed by atoms with Crippen LogP contribution in [0, 0.1) is 11.7 Å². The molecule has 1 aliphatic carbocycles. The van der Waals surface area contributed by atoms with Crippen LogP contribution >= 0.6 is 0 Å². The predicted molar refractivity (Wildman–Crippen MR) is 73.8 cm³/mol. The van der Waals surface area contributed by atoms with Crippen molar-refractivity contribution in [3.8, 4) is 0 Å². The highest BCUT2D eigenvalue weighted by Gasteiger charge is 2.25. The van der Waals surface area contributed by atoms with Crippen molar-refractivity contribution in [2.75, 3.05) is 23.3 Å². The van der Waals surface area contributed by atoms with Crippen LogP contribution in [0.5, 0.6) is 0 Å². The molecular formula is C15H19FN2O. The van der Waals surface area contributed by atoms with E-state index in [0.29, 0.717) is 5.69 Å². The van der Waals surface area contributed by atoms with Gasteiger partial charge in [0.2, 0.25) is 5.91 Å². The molecule has 2 aliphatic rings. The van der Waals surface area contributed by atoms with Crippen molar-refractivity contribution in [1.82, 2.24) is 0 Å². The van der Waals surface area contributed by atoms with Gasteiger partial charge in [-0.1, -0.05) is 6.42 Å². The van der Waals surface area contributed by atoms with Gasteiger partial charge in [0, 0.05) is 30.4 Å². The monoisotopic (exact) mass is 262 g/mol. The fraction of sp³-hybridized carbons (Fsp3) is 0.533. The summed E-state index contributed by atoms with van der Waals surface area (Å²) in [6, 6.07) is 4.82. The van der Waals surface area contributed by atoms with Gasteiger partial charge >= 0.3 is 0 Å². The molecule has 4 heteroatoms. The molecule has 1 aromatic rings. The minimum absolute atomic E-state index is 0.0317. The van der Waals surface area contributed by atoms with Crippen LogP contribution in [0.4, 0.5) is 15.8 Å². The lowest BCUT2D eigenvalue weighted by molar-refractivity contribution is -0.122. The van der Waals surface area contributed by atoms with Crippen molar-refractivity contribution in [3.05, 3.63) is 24.0 Å². The molecule has 1 aliphatic heterocycles. The average Bonchev–Trinajstić information content (AvgIpc) is 2.78. The Labute approximate surface area is 112 Å². The minimum atomic E-state index is -0.284. The summed E-state index contributed by atoms with van der Waals surface area (Å²) in [7, 11) is 0. The minimum Gasteiger partial charge on any atom is -0.371 e. The molecule has 1 aromatic carbocycles. The molecule has 0 bridgehead atoms. The molecule has 0 radical (unpaired) electrons. The zero-order valence-corrected chi connectivity index (χ0v) is 11.0. The number of hydrogen-bond donors (Lipinski definition) is 1. The van der Waals surface area contributed by atoms with E-state index in [2.05, 4.69) is 10.2 Å². The first-order valence-corrected chi connectivity index (χ1v) is 7.09. The zero-order chi connectivity index (χ0) is 13.2. The highest BCUT2D eigenvalue weighted by atomic mass is 19.1. The number of nitrogens with zero attached hydrogens (tertiary/aromatic N) is 1. The van der Waals surface area contributed by atoms with Crippen molar-refractivity contribution in [1.29, 1.82) is 0 Å². The van der Waals surface area contributed by atoms with Crippen LogP contribution in [-0.4, -0.2) is 19.0 Å². The van der Waals surface area contributed by atoms with Crippen LogP contribution in [-0.2, 0) is 4.79 Å². The van der Waals surface area contributed by atoms with Crippen molar-refractivity contribution in [2.45, 2.75) is 32.1 Å². The van der Waals surface area contributed by atoms with Crippen molar-refractivity contribution < 1.29 is 9.18 Å². The van der Waals surface area contributed by atoms with Crippen LogP contribution in [0.3, 0.4) is 0 Å². The lowest BCUT2D eigenvalue weighted by atomic mass is 9.85. The molecular weight excluding hydrogens is 243 g/mol. The number of carbonyl (C=O) groups is 1. The Morgan fingerprint density at radius 3 is 2.53 bits per heavy atom. The van der Waals surface area contributed by atoms with Crippen LogP contribution in [0.25, 0.3) is 0 Å². The van der Waals surface area contributed by atoms with E-state index in [1.165, 1.54) is 6.07 Å². The Morgan fingerprint density at radius 2 is 1.89 bits per heavy atom. The zero-order valence-electron chi connectivity index (χ0n) is 11.0. The number of nitrogens with one attached hydrogen (secondary N) is 1. The van der Waals surface area contributed by atoms with E-state index in [-0.39, 0.29) is 17.6 Å². The summed E-state index contributed by atoms with van der Waals surface area (Å²) in [6.07, 6.45) is 5.35. The number of halogens is 1. The van der Waals surface area contributed by atoms with Gasteiger partial charge in [-0.15, -0.1) is 0 Å². The van der Waals surface area contributed by atoms with Crippen LogP contribution < -0.4 is 10.2 Å². The summed E-state index contributed by atoms with van der Waals surface area (Å²) in [5.41, 5.74) is 1.46. The smallest absolute Gasteiger partial charge is 0.227 e. The second-order valence-corrected chi connectivity index (χ2v) is 5.51. The topological polar surface area (TPSA) is 32.3 Å². The number of amides is 1. The molecule has 1 amide bonds. The van der Waals surface area contributed by atoms with Crippen molar-refractivity contribution in [3.63, 3.8) is 0 Å². The Morgan fingerprint density at radius 1 is 1.16 bits per heavy atom. The van der Waals surface area contributed by atoms with E-state index >= 15 is 0 Å². The summed E-state index contributed by atoms with van der Waals surface area (Å²) in [6.45, 7) is 1.94. The fourth-order valence-electron chi connectivity index (χ4n) is 2.72. The van der Waals surface area contributed by atoms with E-state index in [9.17, 15) is 9.18 Å². The molecule has 1 N–H and O–H groups in total. The third kappa shape index (κ3) is 2.72. The standard InChI is InChI=1S/C15H19FN2O/c16-12-8-13(17-15(19)11-4-3-5-11)10-14(9-12)18-6-1-2-7-18/h8-11H,1-7H2,(H,17,19). The van der Waals surface area contributed by atoms with Crippen LogP contribution in [0.2, 0.25) is 0 Å². The Bertz CT molecular complexity index is 479. The van der Waals surface area contributed by atoms with Gasteiger partial charge in [0.15, 0.2) is 0 Å². The number of rotatable bonds is 3. The van der Waals surface area contributed by atoms with Gasteiger partial charge in [-0.3, -0.25) is 4.79 Å². The summed E-state index contributed by atoms with van der Waals surface area (Å²) < 4.78 is 13.7. The largest absolute Gasteiger partial charge is 0.371 e. The second-order valence-electron chi connectivity index (χ2n) is 5.51. The maximum Gasteiger partial charge on any atom is 0.227 e. The molecule has 19 heavy (non-hydrogen) atoms. The summed E-state index contributed by atoms with van der Waals surface area (Å²) >= 11 is 0. The van der Waals surface area contributed by atoms with Gasteiger partial charge in [-0.05, 0) is 43.9 Å². The summed E-state index contributed by atoms with van der Waals surface area (Å²) in [5, 5.41) is 2.84. The Kier molecular flexibility index (Phi) is 3.40. The molecule has 1 heterocycles. The van der Waals surface area contributed by atoms with E-state index < -0.39 is 0 Å². The Hall–Kier alpha value is -1.58. The highest BCUT2D eigenvalue weighted by molar-refractivity contribution is 5.93. The lowest BCUT2D eigenvalue weighted by Gasteiger charge is -2.24. The third-order valence-electron chi connectivity index (χ3n) is 4.10. The molecule has 1 saturated heterocycles. The average molecular weight is 262 g/mol. The number of hydrogen-bond acceptors (Lipinski definition) is 2. The highest BCUT2D eigenvalue weighted by Crippen LogP contribution is 2.29. The van der Waals surface area contributed by atoms with Gasteiger partial charge in [0.1, 0.15) is 5.82 Å². The number of carbonyl (C=O) groups excluding carboxylic acids is 1. The van der Waals surface area contributed by atoms with E-state index in [1.807, 2.05) is 6.07 Å². The molecule has 3 rings (SSSR count). The van der Waals surface area contributed by atoms with Gasteiger partial charge in [0.05, 0.1) is 0 Å². The van der Waals surface area contributed by atoms with Gasteiger partial charge in [-0.25, -0.2) is 4.39 Å². The van der Waals surface area contributed by atoms with Gasteiger partial charge < -0.3 is 10.2 Å². The van der Waals surface area contributed by atoms with E-state index in [1.54, 1.807) is 6.07 Å². The normalized spacial score (nSPS) is 19.3. The fourth-order valence-corrected chi connectivity index (χ4v) is 2.72. The first-order chi connectivity index (χ1) is 9.22. The number of anilines is 2. The first kappa shape index (κ1) is 12.5. The maximum absolute atomic E-state index is 13.7. The lowest BCUT2D eigenvalue weighted by Crippen LogP contribution is -2.28. The molecule has 102 valence electrons. The maximum atomic E-state index is 13.7. The molecule has 0 spiro atoms. The summed E-state index contributed by atoms with van der Waals surface area (Å²) in [5.74, 6) is -0.129. The third-order valence-corrected chi connectivity index (χ3v) is 4.10. The molecule has 2 fully saturated rings. The SMILES string of the molecule is O=C(Nc1cc(F)cc(N2CCCC2)c1)C1CCC1. The summed E-state index contributed by atoms with van der Waals surface area (Å²) in [4.78, 5) is 14.1. The number of benzene rings is 1. The molecule has 0 unspecified atom stereocenters. The van der Waals surface area contributed by atoms with E-state index in [0.717, 1.165) is 50.9 Å². The Balaban J connectivity index is 1.74. The van der Waals surface area contributed by atoms with E-state index in [4.69, 9.17) is 0 Å². The van der Waals surface area contributed by atoms with Crippen LogP contribution in [0.1, 0.15) is 32.1 Å². The van der Waals surface area contributed by atoms with Gasteiger partial charge in [-0.2, -0.15) is 0 Å². The van der Waals surface area contributed by atoms with Crippen LogP contribution in [0.15, 0.2) is 18.2 Å². The first-order valence-electron chi connectivity index (χ1n) is 7.09.